The van der Waals surface area contributed by atoms with E-state index in [0.29, 0.717) is 18.3 Å². The Labute approximate surface area is 103 Å². The second-order valence-corrected chi connectivity index (χ2v) is 4.46. The quantitative estimate of drug-likeness (QED) is 0.837. The third-order valence-corrected chi connectivity index (χ3v) is 3.07. The van der Waals surface area contributed by atoms with E-state index in [1.807, 2.05) is 0 Å². The molecule has 0 bridgehead atoms. The molecule has 0 spiro atoms. The third-order valence-electron chi connectivity index (χ3n) is 2.31. The van der Waals surface area contributed by atoms with Crippen LogP contribution in [0.25, 0.3) is 10.8 Å². The minimum atomic E-state index is 0.524. The summed E-state index contributed by atoms with van der Waals surface area (Å²) in [5, 5.41) is 7.99. The molecule has 2 N–H and O–H groups in total. The van der Waals surface area contributed by atoms with Crippen molar-refractivity contribution in [1.29, 1.82) is 0 Å². The maximum Gasteiger partial charge on any atom is 0.271 e. The molecule has 0 saturated carbocycles. The highest BCUT2D eigenvalue weighted by atomic mass is 32.1. The molecule has 0 atom stereocenters. The molecular formula is C10H15N5OS. The third kappa shape index (κ3) is 2.86. The lowest BCUT2D eigenvalue weighted by Crippen LogP contribution is -2.01. The van der Waals surface area contributed by atoms with E-state index in [2.05, 4.69) is 26.7 Å². The van der Waals surface area contributed by atoms with Crippen molar-refractivity contribution < 1.29 is 4.52 Å². The molecule has 0 aromatic carbocycles. The van der Waals surface area contributed by atoms with Crippen molar-refractivity contribution >= 4 is 11.5 Å². The molecule has 0 saturated heterocycles. The summed E-state index contributed by atoms with van der Waals surface area (Å²) in [6.07, 6.45) is 3.51. The van der Waals surface area contributed by atoms with E-state index in [9.17, 15) is 0 Å². The predicted octanol–water partition coefficient (Wildman–Crippen LogP) is 1.43. The first kappa shape index (κ1) is 12.1. The molecule has 0 aliphatic heterocycles. The van der Waals surface area contributed by atoms with E-state index >= 15 is 0 Å². The summed E-state index contributed by atoms with van der Waals surface area (Å²) in [6, 6.07) is 0. The van der Waals surface area contributed by atoms with Crippen LogP contribution in [0, 0.1) is 0 Å². The summed E-state index contributed by atoms with van der Waals surface area (Å²) < 4.78 is 9.15. The van der Waals surface area contributed by atoms with Crippen LogP contribution in [0.1, 0.15) is 31.3 Å². The number of aromatic nitrogens is 4. The van der Waals surface area contributed by atoms with Gasteiger partial charge in [-0.3, -0.25) is 0 Å². The summed E-state index contributed by atoms with van der Waals surface area (Å²) in [4.78, 5) is 5.22. The Hall–Kier alpha value is -1.34. The van der Waals surface area contributed by atoms with Gasteiger partial charge < -0.3 is 10.3 Å². The van der Waals surface area contributed by atoms with Crippen molar-refractivity contribution in [3.05, 3.63) is 11.5 Å². The van der Waals surface area contributed by atoms with Gasteiger partial charge >= 0.3 is 0 Å². The summed E-state index contributed by atoms with van der Waals surface area (Å²) >= 11 is 1.30. The molecule has 2 rings (SSSR count). The molecule has 6 nitrogen and oxygen atoms in total. The molecule has 0 fully saturated rings. The van der Waals surface area contributed by atoms with Crippen LogP contribution in [0.15, 0.2) is 4.52 Å². The first-order valence-electron chi connectivity index (χ1n) is 5.69. The van der Waals surface area contributed by atoms with Crippen molar-refractivity contribution in [2.24, 2.45) is 5.73 Å². The minimum absolute atomic E-state index is 0.524. The van der Waals surface area contributed by atoms with E-state index in [1.165, 1.54) is 11.5 Å². The number of aryl methyl sites for hydroxylation is 2. The summed E-state index contributed by atoms with van der Waals surface area (Å²) in [7, 11) is 0. The van der Waals surface area contributed by atoms with Crippen LogP contribution in [-0.2, 0) is 12.8 Å². The Kier molecular flexibility index (Phi) is 4.16. The van der Waals surface area contributed by atoms with E-state index in [1.54, 1.807) is 0 Å². The maximum absolute atomic E-state index is 5.44. The van der Waals surface area contributed by atoms with Gasteiger partial charge in [0.05, 0.1) is 5.69 Å². The van der Waals surface area contributed by atoms with Crippen LogP contribution < -0.4 is 5.73 Å². The van der Waals surface area contributed by atoms with Crippen molar-refractivity contribution in [2.75, 3.05) is 6.54 Å². The van der Waals surface area contributed by atoms with Gasteiger partial charge in [-0.15, -0.1) is 5.10 Å². The van der Waals surface area contributed by atoms with Crippen molar-refractivity contribution in [3.63, 3.8) is 0 Å². The Morgan fingerprint density at radius 1 is 1.35 bits per heavy atom. The number of nitrogens with two attached hydrogens (primary N) is 1. The van der Waals surface area contributed by atoms with E-state index in [4.69, 9.17) is 10.3 Å². The van der Waals surface area contributed by atoms with Gasteiger partial charge in [0.1, 0.15) is 4.88 Å². The molecular weight excluding hydrogens is 238 g/mol. The Bertz CT molecular complexity index is 467. The SMILES string of the molecule is CCCc1nnsc1-c1nc(CCCN)no1. The summed E-state index contributed by atoms with van der Waals surface area (Å²) in [5.41, 5.74) is 6.37. The van der Waals surface area contributed by atoms with E-state index in [0.717, 1.165) is 36.3 Å². The van der Waals surface area contributed by atoms with Gasteiger partial charge in [0.25, 0.3) is 5.89 Å². The molecule has 0 aliphatic carbocycles. The lowest BCUT2D eigenvalue weighted by atomic mass is 10.2. The molecule has 0 aliphatic rings. The molecule has 2 aromatic heterocycles. The molecule has 17 heavy (non-hydrogen) atoms. The number of hydrogen-bond acceptors (Lipinski definition) is 7. The fourth-order valence-corrected chi connectivity index (χ4v) is 2.11. The standard InChI is InChI=1S/C10H15N5OS/c1-2-4-7-9(17-15-13-7)10-12-8(14-16-10)5-3-6-11/h2-6,11H2,1H3. The molecule has 2 heterocycles. The molecule has 0 amide bonds. The van der Waals surface area contributed by atoms with Crippen LogP contribution >= 0.6 is 11.5 Å². The molecule has 7 heteroatoms. The molecule has 2 aromatic rings. The van der Waals surface area contributed by atoms with Gasteiger partial charge in [-0.2, -0.15) is 4.98 Å². The van der Waals surface area contributed by atoms with Gasteiger partial charge in [0.15, 0.2) is 5.82 Å². The smallest absolute Gasteiger partial charge is 0.271 e. The van der Waals surface area contributed by atoms with E-state index in [-0.39, 0.29) is 0 Å². The Balaban J connectivity index is 2.15. The van der Waals surface area contributed by atoms with Crippen molar-refractivity contribution in [3.8, 4) is 10.8 Å². The zero-order valence-electron chi connectivity index (χ0n) is 9.72. The highest BCUT2D eigenvalue weighted by Gasteiger charge is 2.16. The van der Waals surface area contributed by atoms with Crippen LogP contribution in [0.4, 0.5) is 0 Å². The van der Waals surface area contributed by atoms with Gasteiger partial charge in [-0.1, -0.05) is 23.0 Å². The second kappa shape index (κ2) is 5.83. The lowest BCUT2D eigenvalue weighted by molar-refractivity contribution is 0.422. The first-order chi connectivity index (χ1) is 8.35. The van der Waals surface area contributed by atoms with Crippen LogP contribution in [0.5, 0.6) is 0 Å². The normalized spacial score (nSPS) is 10.9. The minimum Gasteiger partial charge on any atom is -0.333 e. The van der Waals surface area contributed by atoms with E-state index < -0.39 is 0 Å². The zero-order chi connectivity index (χ0) is 12.1. The van der Waals surface area contributed by atoms with Crippen LogP contribution in [-0.4, -0.2) is 26.3 Å². The van der Waals surface area contributed by atoms with Gasteiger partial charge in [0.2, 0.25) is 0 Å². The number of rotatable bonds is 6. The predicted molar refractivity (Wildman–Crippen MR) is 64.6 cm³/mol. The summed E-state index contributed by atoms with van der Waals surface area (Å²) in [5.74, 6) is 1.22. The van der Waals surface area contributed by atoms with Crippen LogP contribution in [0.2, 0.25) is 0 Å². The van der Waals surface area contributed by atoms with Gasteiger partial charge in [-0.25, -0.2) is 0 Å². The first-order valence-corrected chi connectivity index (χ1v) is 6.46. The second-order valence-electron chi connectivity index (χ2n) is 3.71. The molecule has 92 valence electrons. The fourth-order valence-electron chi connectivity index (χ4n) is 1.48. The highest BCUT2D eigenvalue weighted by molar-refractivity contribution is 7.09. The molecule has 0 radical (unpaired) electrons. The lowest BCUT2D eigenvalue weighted by Gasteiger charge is -1.92. The monoisotopic (exact) mass is 253 g/mol. The number of nitrogens with zero attached hydrogens (tertiary/aromatic N) is 4. The topological polar surface area (TPSA) is 90.7 Å². The van der Waals surface area contributed by atoms with Gasteiger partial charge in [0, 0.05) is 6.42 Å². The van der Waals surface area contributed by atoms with Crippen LogP contribution in [0.3, 0.4) is 0 Å². The number of hydrogen-bond donors (Lipinski definition) is 1. The van der Waals surface area contributed by atoms with Crippen molar-refractivity contribution in [1.82, 2.24) is 19.7 Å². The molecule has 0 unspecified atom stereocenters. The average molecular weight is 253 g/mol. The Morgan fingerprint density at radius 2 is 2.24 bits per heavy atom. The fraction of sp³-hybridized carbons (Fsp3) is 0.600. The zero-order valence-corrected chi connectivity index (χ0v) is 10.5. The largest absolute Gasteiger partial charge is 0.333 e. The van der Waals surface area contributed by atoms with Crippen molar-refractivity contribution in [2.45, 2.75) is 32.6 Å². The highest BCUT2D eigenvalue weighted by Crippen LogP contribution is 2.25. The average Bonchev–Trinajstić information content (AvgIpc) is 2.95. The maximum atomic E-state index is 5.44. The Morgan fingerprint density at radius 3 is 3.00 bits per heavy atom. The van der Waals surface area contributed by atoms with Gasteiger partial charge in [-0.05, 0) is 30.9 Å². The summed E-state index contributed by atoms with van der Waals surface area (Å²) in [6.45, 7) is 2.73.